The number of fused-ring (bicyclic) bond motifs is 1. The van der Waals surface area contributed by atoms with Crippen LogP contribution in [0.25, 0.3) is 22.0 Å². The van der Waals surface area contributed by atoms with Crippen LogP contribution in [-0.2, 0) is 0 Å². The summed E-state index contributed by atoms with van der Waals surface area (Å²) in [4.78, 5) is 4.14. The third-order valence-electron chi connectivity index (χ3n) is 4.84. The number of anilines is 1. The van der Waals surface area contributed by atoms with Crippen molar-refractivity contribution < 1.29 is 14.6 Å². The first kappa shape index (κ1) is 17.9. The molecule has 3 N–H and O–H groups in total. The number of aliphatic hydroxyl groups is 1. The van der Waals surface area contributed by atoms with Crippen molar-refractivity contribution >= 4 is 28.2 Å². The molecule has 2 atom stereocenters. The number of nitrogens with zero attached hydrogens (tertiary/aromatic N) is 3. The molecule has 2 unspecified atom stereocenters. The van der Waals surface area contributed by atoms with E-state index in [1.165, 1.54) is 6.07 Å². The van der Waals surface area contributed by atoms with Crippen molar-refractivity contribution in [1.29, 1.82) is 0 Å². The Bertz CT molecular complexity index is 978. The third kappa shape index (κ3) is 3.52. The number of benzene rings is 1. The SMILES string of the molecule is Oc1cc(Cl)cc(F)c1-c1nnc(NC2CCCC(O)C2)c2cnccc12. The Morgan fingerprint density at radius 2 is 2.04 bits per heavy atom. The quantitative estimate of drug-likeness (QED) is 0.630. The molecule has 27 heavy (non-hydrogen) atoms. The molecule has 2 aromatic heterocycles. The van der Waals surface area contributed by atoms with Crippen molar-refractivity contribution in [2.24, 2.45) is 0 Å². The van der Waals surface area contributed by atoms with Gasteiger partial charge in [0, 0.05) is 34.2 Å². The van der Waals surface area contributed by atoms with Crippen molar-refractivity contribution in [2.75, 3.05) is 5.32 Å². The molecular formula is C19H18ClFN4O2. The number of phenolic OH excluding ortho intramolecular Hbond substituents is 1. The number of phenols is 1. The summed E-state index contributed by atoms with van der Waals surface area (Å²) in [7, 11) is 0. The van der Waals surface area contributed by atoms with Crippen LogP contribution in [0.3, 0.4) is 0 Å². The second-order valence-corrected chi connectivity index (χ2v) is 7.20. The lowest BCUT2D eigenvalue weighted by atomic mass is 9.93. The molecule has 0 spiro atoms. The van der Waals surface area contributed by atoms with Crippen LogP contribution in [0.2, 0.25) is 5.02 Å². The van der Waals surface area contributed by atoms with Gasteiger partial charge in [-0.15, -0.1) is 10.2 Å². The van der Waals surface area contributed by atoms with E-state index in [1.807, 2.05) is 0 Å². The Kier molecular flexibility index (Phi) is 4.80. The van der Waals surface area contributed by atoms with Gasteiger partial charge in [0.2, 0.25) is 0 Å². The molecule has 0 saturated heterocycles. The van der Waals surface area contributed by atoms with Gasteiger partial charge in [-0.1, -0.05) is 11.6 Å². The Morgan fingerprint density at radius 1 is 1.19 bits per heavy atom. The van der Waals surface area contributed by atoms with Crippen molar-refractivity contribution in [1.82, 2.24) is 15.2 Å². The van der Waals surface area contributed by atoms with E-state index >= 15 is 0 Å². The van der Waals surface area contributed by atoms with Crippen LogP contribution < -0.4 is 5.32 Å². The summed E-state index contributed by atoms with van der Waals surface area (Å²) in [6.07, 6.45) is 6.18. The van der Waals surface area contributed by atoms with Gasteiger partial charge >= 0.3 is 0 Å². The molecule has 1 fully saturated rings. The molecule has 0 aliphatic heterocycles. The number of pyridine rings is 1. The molecule has 3 aromatic rings. The van der Waals surface area contributed by atoms with Crippen molar-refractivity contribution in [3.8, 4) is 17.0 Å². The van der Waals surface area contributed by atoms with Crippen LogP contribution in [-0.4, -0.2) is 37.5 Å². The first-order valence-corrected chi connectivity index (χ1v) is 9.14. The number of hydrogen-bond acceptors (Lipinski definition) is 6. The van der Waals surface area contributed by atoms with E-state index in [0.717, 1.165) is 25.3 Å². The molecular weight excluding hydrogens is 371 g/mol. The van der Waals surface area contributed by atoms with E-state index in [9.17, 15) is 14.6 Å². The molecule has 1 saturated carbocycles. The first-order valence-electron chi connectivity index (χ1n) is 8.76. The van der Waals surface area contributed by atoms with Crippen LogP contribution >= 0.6 is 11.6 Å². The minimum atomic E-state index is -0.677. The molecule has 4 rings (SSSR count). The lowest BCUT2D eigenvalue weighted by Crippen LogP contribution is -2.30. The van der Waals surface area contributed by atoms with E-state index in [0.29, 0.717) is 23.0 Å². The fraction of sp³-hybridized carbons (Fsp3) is 0.316. The van der Waals surface area contributed by atoms with Gasteiger partial charge in [0.05, 0.1) is 11.7 Å². The number of aromatic hydroxyl groups is 1. The average Bonchev–Trinajstić information content (AvgIpc) is 2.62. The van der Waals surface area contributed by atoms with Crippen LogP contribution in [0.4, 0.5) is 10.2 Å². The molecule has 0 radical (unpaired) electrons. The standard InChI is InChI=1S/C19H18ClFN4O2/c20-10-6-15(21)17(16(27)7-10)18-13-4-5-22-9-14(13)19(25-24-18)23-11-2-1-3-12(26)8-11/h4-7,9,11-12,26-27H,1-3,8H2,(H,23,25). The van der Waals surface area contributed by atoms with Crippen molar-refractivity contribution in [3.05, 3.63) is 41.4 Å². The van der Waals surface area contributed by atoms with E-state index in [4.69, 9.17) is 11.6 Å². The molecule has 2 heterocycles. The normalized spacial score (nSPS) is 20.0. The second-order valence-electron chi connectivity index (χ2n) is 6.76. The van der Waals surface area contributed by atoms with E-state index in [-0.39, 0.29) is 34.2 Å². The van der Waals surface area contributed by atoms with Gasteiger partial charge in [-0.2, -0.15) is 0 Å². The summed E-state index contributed by atoms with van der Waals surface area (Å²) in [6.45, 7) is 0. The zero-order valence-electron chi connectivity index (χ0n) is 14.4. The number of hydrogen-bond donors (Lipinski definition) is 3. The Morgan fingerprint density at radius 3 is 2.81 bits per heavy atom. The third-order valence-corrected chi connectivity index (χ3v) is 5.06. The van der Waals surface area contributed by atoms with Gasteiger partial charge in [-0.25, -0.2) is 4.39 Å². The maximum atomic E-state index is 14.5. The monoisotopic (exact) mass is 388 g/mol. The molecule has 8 heteroatoms. The molecule has 6 nitrogen and oxygen atoms in total. The first-order chi connectivity index (χ1) is 13.0. The lowest BCUT2D eigenvalue weighted by molar-refractivity contribution is 0.124. The summed E-state index contributed by atoms with van der Waals surface area (Å²) in [5, 5.41) is 33.1. The van der Waals surface area contributed by atoms with Crippen LogP contribution in [0.15, 0.2) is 30.6 Å². The number of rotatable bonds is 3. The highest BCUT2D eigenvalue weighted by atomic mass is 35.5. The molecule has 1 aliphatic carbocycles. The zero-order chi connectivity index (χ0) is 19.0. The highest BCUT2D eigenvalue weighted by Crippen LogP contribution is 2.38. The van der Waals surface area contributed by atoms with Crippen LogP contribution in [0, 0.1) is 5.82 Å². The van der Waals surface area contributed by atoms with Gasteiger partial charge in [-0.05, 0) is 43.9 Å². The highest BCUT2D eigenvalue weighted by Gasteiger charge is 2.23. The second kappa shape index (κ2) is 7.25. The van der Waals surface area contributed by atoms with Crippen molar-refractivity contribution in [3.63, 3.8) is 0 Å². The highest BCUT2D eigenvalue weighted by molar-refractivity contribution is 6.30. The average molecular weight is 389 g/mol. The van der Waals surface area contributed by atoms with Gasteiger partial charge < -0.3 is 15.5 Å². The molecule has 140 valence electrons. The largest absolute Gasteiger partial charge is 0.507 e. The van der Waals surface area contributed by atoms with Crippen LogP contribution in [0.1, 0.15) is 25.7 Å². The summed E-state index contributed by atoms with van der Waals surface area (Å²) in [6, 6.07) is 4.18. The Hall–Kier alpha value is -2.51. The number of aliphatic hydroxyl groups excluding tert-OH is 1. The Labute approximate surface area is 160 Å². The smallest absolute Gasteiger partial charge is 0.158 e. The van der Waals surface area contributed by atoms with E-state index < -0.39 is 5.82 Å². The van der Waals surface area contributed by atoms with Crippen LogP contribution in [0.5, 0.6) is 5.75 Å². The predicted octanol–water partition coefficient (Wildman–Crippen LogP) is 3.91. The predicted molar refractivity (Wildman–Crippen MR) is 101 cm³/mol. The number of nitrogens with one attached hydrogen (secondary N) is 1. The van der Waals surface area contributed by atoms with E-state index in [1.54, 1.807) is 18.5 Å². The van der Waals surface area contributed by atoms with Gasteiger partial charge in [0.25, 0.3) is 0 Å². The maximum absolute atomic E-state index is 14.5. The number of aromatic nitrogens is 3. The molecule has 1 aliphatic rings. The van der Waals surface area contributed by atoms with Gasteiger partial charge in [0.15, 0.2) is 5.82 Å². The minimum Gasteiger partial charge on any atom is -0.507 e. The van der Waals surface area contributed by atoms with Crippen molar-refractivity contribution in [2.45, 2.75) is 37.8 Å². The van der Waals surface area contributed by atoms with E-state index in [2.05, 4.69) is 20.5 Å². The fourth-order valence-electron chi connectivity index (χ4n) is 3.57. The van der Waals surface area contributed by atoms with Gasteiger partial charge in [-0.3, -0.25) is 4.98 Å². The lowest BCUT2D eigenvalue weighted by Gasteiger charge is -2.27. The summed E-state index contributed by atoms with van der Waals surface area (Å²) in [5.41, 5.74) is 0.163. The Balaban J connectivity index is 1.79. The zero-order valence-corrected chi connectivity index (χ0v) is 15.1. The fourth-order valence-corrected chi connectivity index (χ4v) is 3.77. The number of halogens is 2. The summed E-state index contributed by atoms with van der Waals surface area (Å²) < 4.78 is 14.5. The maximum Gasteiger partial charge on any atom is 0.158 e. The van der Waals surface area contributed by atoms with Gasteiger partial charge in [0.1, 0.15) is 17.3 Å². The summed E-state index contributed by atoms with van der Waals surface area (Å²) >= 11 is 5.80. The topological polar surface area (TPSA) is 91.2 Å². The molecule has 1 aromatic carbocycles. The minimum absolute atomic E-state index is 0.0530. The molecule has 0 amide bonds. The molecule has 0 bridgehead atoms. The summed E-state index contributed by atoms with van der Waals surface area (Å²) in [5.74, 6) is -0.457.